The molecule has 2 heterocycles. The van der Waals surface area contributed by atoms with Crippen molar-refractivity contribution < 1.29 is 0 Å². The van der Waals surface area contributed by atoms with E-state index in [1.165, 1.54) is 6.20 Å². The fourth-order valence-corrected chi connectivity index (χ4v) is 2.69. The van der Waals surface area contributed by atoms with Crippen LogP contribution in [0.2, 0.25) is 0 Å². The van der Waals surface area contributed by atoms with Crippen LogP contribution in [0.25, 0.3) is 0 Å². The Balaban J connectivity index is 2.38. The summed E-state index contributed by atoms with van der Waals surface area (Å²) in [5, 5.41) is 1.02. The summed E-state index contributed by atoms with van der Waals surface area (Å²) < 4.78 is 2.05. The molecular weight excluding hydrogens is 290 g/mol. The smallest absolute Gasteiger partial charge is 0.267 e. The van der Waals surface area contributed by atoms with Gasteiger partial charge in [-0.05, 0) is 29.8 Å². The van der Waals surface area contributed by atoms with E-state index in [0.717, 1.165) is 15.6 Å². The molecule has 0 saturated heterocycles. The third kappa shape index (κ3) is 2.22. The van der Waals surface area contributed by atoms with Crippen LogP contribution in [0.5, 0.6) is 0 Å². The van der Waals surface area contributed by atoms with Gasteiger partial charge in [-0.2, -0.15) is 0 Å². The number of hydrogen-bond donors (Lipinski definition) is 0. The molecule has 0 aliphatic rings. The van der Waals surface area contributed by atoms with Gasteiger partial charge in [-0.15, -0.1) is 11.3 Å². The third-order valence-corrected chi connectivity index (χ3v) is 3.77. The number of aryl methyl sites for hydroxylation is 2. The van der Waals surface area contributed by atoms with Gasteiger partial charge in [-0.3, -0.25) is 9.36 Å². The van der Waals surface area contributed by atoms with Gasteiger partial charge in [0.1, 0.15) is 4.47 Å². The van der Waals surface area contributed by atoms with Crippen molar-refractivity contribution >= 4 is 27.3 Å². The van der Waals surface area contributed by atoms with E-state index in [2.05, 4.69) is 25.9 Å². The molecule has 0 spiro atoms. The average molecular weight is 300 g/mol. The van der Waals surface area contributed by atoms with E-state index in [9.17, 15) is 4.79 Å². The van der Waals surface area contributed by atoms with Crippen LogP contribution >= 0.6 is 27.3 Å². The molecule has 0 N–H and O–H groups in total. The van der Waals surface area contributed by atoms with Crippen LogP contribution in [-0.4, -0.2) is 14.5 Å². The molecule has 0 aliphatic carbocycles. The SMILES string of the molecule is Cc1nc(C)c(Cn2cncc(Br)c2=O)s1. The van der Waals surface area contributed by atoms with E-state index >= 15 is 0 Å². The van der Waals surface area contributed by atoms with Crippen molar-refractivity contribution in [1.29, 1.82) is 0 Å². The van der Waals surface area contributed by atoms with E-state index in [1.54, 1.807) is 22.2 Å². The number of nitrogens with zero attached hydrogens (tertiary/aromatic N) is 3. The Kier molecular flexibility index (Phi) is 3.20. The van der Waals surface area contributed by atoms with Crippen LogP contribution in [0.4, 0.5) is 0 Å². The molecule has 84 valence electrons. The quantitative estimate of drug-likeness (QED) is 0.853. The van der Waals surface area contributed by atoms with Gasteiger partial charge in [0, 0.05) is 11.1 Å². The van der Waals surface area contributed by atoms with Crippen LogP contribution in [0.1, 0.15) is 15.6 Å². The number of halogens is 1. The van der Waals surface area contributed by atoms with Gasteiger partial charge in [-0.25, -0.2) is 9.97 Å². The summed E-state index contributed by atoms with van der Waals surface area (Å²) in [7, 11) is 0. The molecule has 2 aromatic rings. The van der Waals surface area contributed by atoms with Gasteiger partial charge in [0.2, 0.25) is 0 Å². The highest BCUT2D eigenvalue weighted by atomic mass is 79.9. The number of aromatic nitrogens is 3. The van der Waals surface area contributed by atoms with Gasteiger partial charge in [-0.1, -0.05) is 0 Å². The molecule has 4 nitrogen and oxygen atoms in total. The minimum atomic E-state index is -0.0690. The molecule has 16 heavy (non-hydrogen) atoms. The molecule has 6 heteroatoms. The fourth-order valence-electron chi connectivity index (χ4n) is 1.41. The monoisotopic (exact) mass is 299 g/mol. The van der Waals surface area contributed by atoms with Crippen molar-refractivity contribution in [2.75, 3.05) is 0 Å². The zero-order valence-electron chi connectivity index (χ0n) is 8.90. The van der Waals surface area contributed by atoms with E-state index in [0.29, 0.717) is 11.0 Å². The van der Waals surface area contributed by atoms with Crippen LogP contribution in [0, 0.1) is 13.8 Å². The van der Waals surface area contributed by atoms with Gasteiger partial charge in [0.25, 0.3) is 5.56 Å². The van der Waals surface area contributed by atoms with Crippen molar-refractivity contribution in [3.8, 4) is 0 Å². The summed E-state index contributed by atoms with van der Waals surface area (Å²) in [5.74, 6) is 0. The van der Waals surface area contributed by atoms with E-state index in [1.807, 2.05) is 13.8 Å². The normalized spacial score (nSPS) is 10.7. The van der Waals surface area contributed by atoms with Gasteiger partial charge < -0.3 is 0 Å². The number of hydrogen-bond acceptors (Lipinski definition) is 4. The van der Waals surface area contributed by atoms with E-state index < -0.39 is 0 Å². The third-order valence-electron chi connectivity index (χ3n) is 2.17. The van der Waals surface area contributed by atoms with E-state index in [-0.39, 0.29) is 5.56 Å². The lowest BCUT2D eigenvalue weighted by Gasteiger charge is -2.03. The molecule has 0 bridgehead atoms. The molecule has 0 amide bonds. The molecule has 0 aliphatic heterocycles. The van der Waals surface area contributed by atoms with E-state index in [4.69, 9.17) is 0 Å². The Bertz CT molecular complexity index is 576. The summed E-state index contributed by atoms with van der Waals surface area (Å²) >= 11 is 4.78. The molecule has 0 radical (unpaired) electrons. The maximum atomic E-state index is 11.8. The molecule has 0 fully saturated rings. The molecular formula is C10H10BrN3OS. The van der Waals surface area contributed by atoms with Crippen LogP contribution < -0.4 is 5.56 Å². The molecule has 0 atom stereocenters. The predicted octanol–water partition coefficient (Wildman–Crippen LogP) is 2.13. The minimum Gasteiger partial charge on any atom is -0.293 e. The van der Waals surface area contributed by atoms with Crippen molar-refractivity contribution in [2.45, 2.75) is 20.4 Å². The van der Waals surface area contributed by atoms with Gasteiger partial charge in [0.15, 0.2) is 0 Å². The van der Waals surface area contributed by atoms with Crippen LogP contribution in [0.15, 0.2) is 21.8 Å². The average Bonchev–Trinajstić information content (AvgIpc) is 2.53. The topological polar surface area (TPSA) is 47.8 Å². The Labute approximate surface area is 105 Å². The van der Waals surface area contributed by atoms with Crippen molar-refractivity contribution in [3.63, 3.8) is 0 Å². The molecule has 2 rings (SSSR count). The van der Waals surface area contributed by atoms with Crippen molar-refractivity contribution in [1.82, 2.24) is 14.5 Å². The Morgan fingerprint density at radius 2 is 2.25 bits per heavy atom. The fraction of sp³-hybridized carbons (Fsp3) is 0.300. The van der Waals surface area contributed by atoms with Gasteiger partial charge >= 0.3 is 0 Å². The second-order valence-corrected chi connectivity index (χ2v) is 5.56. The molecule has 0 saturated carbocycles. The zero-order chi connectivity index (χ0) is 11.7. The lowest BCUT2D eigenvalue weighted by molar-refractivity contribution is 0.735. The maximum absolute atomic E-state index is 11.8. The molecule has 0 aromatic carbocycles. The van der Waals surface area contributed by atoms with Crippen LogP contribution in [-0.2, 0) is 6.54 Å². The Morgan fingerprint density at radius 1 is 1.50 bits per heavy atom. The first kappa shape index (κ1) is 11.5. The minimum absolute atomic E-state index is 0.0690. The Hall–Kier alpha value is -1.01. The second-order valence-electron chi connectivity index (χ2n) is 3.42. The first-order chi connectivity index (χ1) is 7.58. The maximum Gasteiger partial charge on any atom is 0.267 e. The van der Waals surface area contributed by atoms with Gasteiger partial charge in [0.05, 0.1) is 23.6 Å². The summed E-state index contributed by atoms with van der Waals surface area (Å²) in [4.78, 5) is 21.2. The standard InChI is InChI=1S/C10H10BrN3OS/c1-6-9(16-7(2)13-6)4-14-5-12-3-8(11)10(14)15/h3,5H,4H2,1-2H3. The summed E-state index contributed by atoms with van der Waals surface area (Å²) in [5.41, 5.74) is 0.912. The molecule has 2 aromatic heterocycles. The summed E-state index contributed by atoms with van der Waals surface area (Å²) in [6, 6.07) is 0. The van der Waals surface area contributed by atoms with Crippen molar-refractivity contribution in [2.24, 2.45) is 0 Å². The highest BCUT2D eigenvalue weighted by Gasteiger charge is 2.07. The molecule has 0 unspecified atom stereocenters. The first-order valence-electron chi connectivity index (χ1n) is 4.71. The van der Waals surface area contributed by atoms with Crippen LogP contribution in [0.3, 0.4) is 0 Å². The summed E-state index contributed by atoms with van der Waals surface area (Å²) in [6.45, 7) is 4.45. The highest BCUT2D eigenvalue weighted by Crippen LogP contribution is 2.17. The summed E-state index contributed by atoms with van der Waals surface area (Å²) in [6.07, 6.45) is 3.05. The lowest BCUT2D eigenvalue weighted by atomic mass is 10.4. The largest absolute Gasteiger partial charge is 0.293 e. The highest BCUT2D eigenvalue weighted by molar-refractivity contribution is 9.10. The first-order valence-corrected chi connectivity index (χ1v) is 6.31. The lowest BCUT2D eigenvalue weighted by Crippen LogP contribution is -2.21. The second kappa shape index (κ2) is 4.47. The predicted molar refractivity (Wildman–Crippen MR) is 66.9 cm³/mol. The Morgan fingerprint density at radius 3 is 2.88 bits per heavy atom. The number of thiazole rings is 1. The van der Waals surface area contributed by atoms with Crippen molar-refractivity contribution in [3.05, 3.63) is 42.9 Å². The zero-order valence-corrected chi connectivity index (χ0v) is 11.3. The number of rotatable bonds is 2.